The van der Waals surface area contributed by atoms with Crippen molar-refractivity contribution >= 4 is 5.91 Å². The maximum Gasteiger partial charge on any atom is 0.256 e. The summed E-state index contributed by atoms with van der Waals surface area (Å²) in [6.07, 6.45) is 1.43. The number of hydrogen-bond donors (Lipinski definition) is 1. The first-order chi connectivity index (χ1) is 8.61. The molecule has 0 aliphatic carbocycles. The van der Waals surface area contributed by atoms with Crippen molar-refractivity contribution in [3.8, 4) is 0 Å². The number of halogens is 2. The Balaban J connectivity index is 2.10. The Bertz CT molecular complexity index is 451. The minimum Gasteiger partial charge on any atom is -0.396 e. The van der Waals surface area contributed by atoms with Crippen LogP contribution in [-0.4, -0.2) is 35.6 Å². The molecule has 3 nitrogen and oxygen atoms in total. The first-order valence-electron chi connectivity index (χ1n) is 5.97. The number of hydrogen-bond acceptors (Lipinski definition) is 2. The Morgan fingerprint density at radius 1 is 1.44 bits per heavy atom. The minimum atomic E-state index is -0.702. The van der Waals surface area contributed by atoms with Crippen LogP contribution in [0.1, 0.15) is 23.2 Å². The van der Waals surface area contributed by atoms with E-state index in [2.05, 4.69) is 0 Å². The van der Waals surface area contributed by atoms with E-state index in [-0.39, 0.29) is 18.1 Å². The quantitative estimate of drug-likeness (QED) is 0.894. The maximum absolute atomic E-state index is 13.5. The van der Waals surface area contributed by atoms with Gasteiger partial charge in [0.2, 0.25) is 0 Å². The Kier molecular flexibility index (Phi) is 3.91. The maximum atomic E-state index is 13.5. The molecule has 0 radical (unpaired) electrons. The molecule has 1 amide bonds. The van der Waals surface area contributed by atoms with Crippen LogP contribution in [0.25, 0.3) is 0 Å². The lowest BCUT2D eigenvalue weighted by Gasteiger charge is -2.16. The molecule has 98 valence electrons. The van der Waals surface area contributed by atoms with E-state index in [4.69, 9.17) is 5.11 Å². The minimum absolute atomic E-state index is 0.0843. The Labute approximate surface area is 104 Å². The second-order valence-corrected chi connectivity index (χ2v) is 4.54. The number of benzene rings is 1. The van der Waals surface area contributed by atoms with Gasteiger partial charge in [0.25, 0.3) is 5.91 Å². The molecule has 1 atom stereocenters. The molecule has 1 unspecified atom stereocenters. The van der Waals surface area contributed by atoms with Gasteiger partial charge in [-0.3, -0.25) is 4.79 Å². The summed E-state index contributed by atoms with van der Waals surface area (Å²) in [5.41, 5.74) is -0.223. The highest BCUT2D eigenvalue weighted by Crippen LogP contribution is 2.22. The molecule has 0 saturated carbocycles. The van der Waals surface area contributed by atoms with Gasteiger partial charge in [-0.15, -0.1) is 0 Å². The predicted molar refractivity (Wildman–Crippen MR) is 62.1 cm³/mol. The highest BCUT2D eigenvalue weighted by Gasteiger charge is 2.28. The van der Waals surface area contributed by atoms with E-state index >= 15 is 0 Å². The number of aliphatic hydroxyl groups is 1. The molecule has 0 bridgehead atoms. The normalized spacial score (nSPS) is 19.3. The number of nitrogens with zero attached hydrogens (tertiary/aromatic N) is 1. The first-order valence-corrected chi connectivity index (χ1v) is 5.97. The summed E-state index contributed by atoms with van der Waals surface area (Å²) in [4.78, 5) is 13.5. The largest absolute Gasteiger partial charge is 0.396 e. The summed E-state index contributed by atoms with van der Waals surface area (Å²) in [6.45, 7) is 1.11. The van der Waals surface area contributed by atoms with Crippen LogP contribution in [0.3, 0.4) is 0 Å². The summed E-state index contributed by atoms with van der Waals surface area (Å²) in [7, 11) is 0. The predicted octanol–water partition coefficient (Wildman–Crippen LogP) is 1.81. The fraction of sp³-hybridized carbons (Fsp3) is 0.462. The van der Waals surface area contributed by atoms with E-state index < -0.39 is 17.5 Å². The molecule has 1 heterocycles. The summed E-state index contributed by atoms with van der Waals surface area (Å²) in [5.74, 6) is -1.55. The molecule has 18 heavy (non-hydrogen) atoms. The van der Waals surface area contributed by atoms with Crippen molar-refractivity contribution in [2.24, 2.45) is 5.92 Å². The summed E-state index contributed by atoms with van der Waals surface area (Å²) in [6, 6.07) is 2.88. The van der Waals surface area contributed by atoms with Gasteiger partial charge in [-0.1, -0.05) is 0 Å². The lowest BCUT2D eigenvalue weighted by Crippen LogP contribution is -2.29. The lowest BCUT2D eigenvalue weighted by atomic mass is 10.1. The van der Waals surface area contributed by atoms with Gasteiger partial charge in [0.05, 0.1) is 5.56 Å². The Morgan fingerprint density at radius 3 is 2.94 bits per heavy atom. The molecule has 1 aliphatic heterocycles. The molecular formula is C13H15F2NO2. The van der Waals surface area contributed by atoms with Crippen molar-refractivity contribution < 1.29 is 18.7 Å². The van der Waals surface area contributed by atoms with E-state index in [1.54, 1.807) is 0 Å². The van der Waals surface area contributed by atoms with Gasteiger partial charge in [0, 0.05) is 19.7 Å². The van der Waals surface area contributed by atoms with Crippen molar-refractivity contribution in [1.82, 2.24) is 4.90 Å². The average molecular weight is 255 g/mol. The van der Waals surface area contributed by atoms with Gasteiger partial charge in [0.15, 0.2) is 0 Å². The van der Waals surface area contributed by atoms with Crippen LogP contribution in [0.5, 0.6) is 0 Å². The van der Waals surface area contributed by atoms with Gasteiger partial charge in [-0.2, -0.15) is 0 Å². The van der Waals surface area contributed by atoms with Crippen molar-refractivity contribution in [1.29, 1.82) is 0 Å². The molecule has 0 aromatic heterocycles. The van der Waals surface area contributed by atoms with Crippen LogP contribution in [0.2, 0.25) is 0 Å². The monoisotopic (exact) mass is 255 g/mol. The number of aliphatic hydroxyl groups excluding tert-OH is 1. The molecular weight excluding hydrogens is 240 g/mol. The van der Waals surface area contributed by atoms with E-state index in [0.717, 1.165) is 24.6 Å². The fourth-order valence-electron chi connectivity index (χ4n) is 2.27. The van der Waals surface area contributed by atoms with Crippen LogP contribution >= 0.6 is 0 Å². The first kappa shape index (κ1) is 13.0. The van der Waals surface area contributed by atoms with Crippen molar-refractivity contribution in [3.63, 3.8) is 0 Å². The SMILES string of the molecule is O=C(c1cc(F)ccc1F)N1CCC(CCO)C1. The zero-order chi connectivity index (χ0) is 13.1. The fourth-order valence-corrected chi connectivity index (χ4v) is 2.27. The molecule has 1 N–H and O–H groups in total. The van der Waals surface area contributed by atoms with Crippen molar-refractivity contribution in [3.05, 3.63) is 35.4 Å². The number of likely N-dealkylation sites (tertiary alicyclic amines) is 1. The number of carbonyl (C=O) groups is 1. The zero-order valence-corrected chi connectivity index (χ0v) is 9.90. The zero-order valence-electron chi connectivity index (χ0n) is 9.90. The van der Waals surface area contributed by atoms with E-state index in [0.29, 0.717) is 19.5 Å². The second kappa shape index (κ2) is 5.44. The van der Waals surface area contributed by atoms with Crippen LogP contribution < -0.4 is 0 Å². The summed E-state index contributed by atoms with van der Waals surface area (Å²) >= 11 is 0. The Hall–Kier alpha value is -1.49. The number of rotatable bonds is 3. The van der Waals surface area contributed by atoms with Crippen LogP contribution in [0, 0.1) is 17.6 Å². The molecule has 5 heteroatoms. The topological polar surface area (TPSA) is 40.5 Å². The van der Waals surface area contributed by atoms with Gasteiger partial charge in [-0.05, 0) is 37.0 Å². The smallest absolute Gasteiger partial charge is 0.256 e. The van der Waals surface area contributed by atoms with Crippen LogP contribution in [0.4, 0.5) is 8.78 Å². The molecule has 1 fully saturated rings. The molecule has 2 rings (SSSR count). The Morgan fingerprint density at radius 2 is 2.22 bits per heavy atom. The summed E-state index contributed by atoms with van der Waals surface area (Å²) < 4.78 is 26.5. The van der Waals surface area contributed by atoms with Gasteiger partial charge in [-0.25, -0.2) is 8.78 Å². The van der Waals surface area contributed by atoms with Gasteiger partial charge in [0.1, 0.15) is 11.6 Å². The van der Waals surface area contributed by atoms with E-state index in [9.17, 15) is 13.6 Å². The molecule has 1 aromatic carbocycles. The highest BCUT2D eigenvalue weighted by molar-refractivity contribution is 5.94. The molecule has 1 saturated heterocycles. The van der Waals surface area contributed by atoms with Crippen molar-refractivity contribution in [2.45, 2.75) is 12.8 Å². The van der Waals surface area contributed by atoms with E-state index in [1.165, 1.54) is 4.90 Å². The standard InChI is InChI=1S/C13H15F2NO2/c14-10-1-2-12(15)11(7-10)13(18)16-5-3-9(8-16)4-6-17/h1-2,7,9,17H,3-6,8H2. The molecule has 1 aromatic rings. The second-order valence-electron chi connectivity index (χ2n) is 4.54. The van der Waals surface area contributed by atoms with Crippen molar-refractivity contribution in [2.75, 3.05) is 19.7 Å². The molecule has 1 aliphatic rings. The van der Waals surface area contributed by atoms with E-state index in [1.807, 2.05) is 0 Å². The lowest BCUT2D eigenvalue weighted by molar-refractivity contribution is 0.0779. The van der Waals surface area contributed by atoms with Crippen LogP contribution in [0.15, 0.2) is 18.2 Å². The highest BCUT2D eigenvalue weighted by atomic mass is 19.1. The third kappa shape index (κ3) is 2.67. The van der Waals surface area contributed by atoms with Crippen LogP contribution in [-0.2, 0) is 0 Å². The molecule has 0 spiro atoms. The van der Waals surface area contributed by atoms with Gasteiger partial charge >= 0.3 is 0 Å². The summed E-state index contributed by atoms with van der Waals surface area (Å²) in [5, 5.41) is 8.84. The van der Waals surface area contributed by atoms with Gasteiger partial charge < -0.3 is 10.0 Å². The number of carbonyl (C=O) groups excluding carboxylic acids is 1. The number of amides is 1. The average Bonchev–Trinajstić information content (AvgIpc) is 2.80. The third-order valence-electron chi connectivity index (χ3n) is 3.27. The third-order valence-corrected chi connectivity index (χ3v) is 3.27.